The van der Waals surface area contributed by atoms with Crippen LogP contribution in [0.25, 0.3) is 10.1 Å². The highest BCUT2D eigenvalue weighted by molar-refractivity contribution is 7.13. The summed E-state index contributed by atoms with van der Waals surface area (Å²) in [6, 6.07) is 8.14. The molecule has 1 aliphatic heterocycles. The summed E-state index contributed by atoms with van der Waals surface area (Å²) in [5.74, 6) is 1.01. The summed E-state index contributed by atoms with van der Waals surface area (Å²) in [6.45, 7) is 2.25. The largest absolute Gasteiger partial charge is 0.367 e. The number of aromatic nitrogens is 1. The van der Waals surface area contributed by atoms with Gasteiger partial charge in [-0.2, -0.15) is 4.37 Å². The number of nitrogens with one attached hydrogen (secondary N) is 3. The van der Waals surface area contributed by atoms with Crippen molar-refractivity contribution in [2.45, 2.75) is 25.3 Å². The number of fused-ring (bicyclic) bond motifs is 1. The second kappa shape index (κ2) is 6.87. The van der Waals surface area contributed by atoms with Crippen LogP contribution < -0.4 is 16.0 Å². The van der Waals surface area contributed by atoms with Crippen LogP contribution in [-0.2, 0) is 4.79 Å². The summed E-state index contributed by atoms with van der Waals surface area (Å²) < 4.78 is 5.58. The molecule has 1 aromatic heterocycles. The van der Waals surface area contributed by atoms with Crippen LogP contribution in [0.5, 0.6) is 0 Å². The SMILES string of the molecule is O=C(NCCNc1nsc2ccccc12)C1CCCCN1. The van der Waals surface area contributed by atoms with Gasteiger partial charge in [0.15, 0.2) is 0 Å². The summed E-state index contributed by atoms with van der Waals surface area (Å²) in [6.07, 6.45) is 3.24. The first-order valence-electron chi connectivity index (χ1n) is 7.44. The van der Waals surface area contributed by atoms with Crippen LogP contribution in [-0.4, -0.2) is 36.0 Å². The van der Waals surface area contributed by atoms with E-state index in [-0.39, 0.29) is 11.9 Å². The molecule has 1 amide bonds. The summed E-state index contributed by atoms with van der Waals surface area (Å²) >= 11 is 1.49. The lowest BCUT2D eigenvalue weighted by molar-refractivity contribution is -0.123. The van der Waals surface area contributed by atoms with Crippen molar-refractivity contribution < 1.29 is 4.79 Å². The summed E-state index contributed by atoms with van der Waals surface area (Å²) in [7, 11) is 0. The van der Waals surface area contributed by atoms with Gasteiger partial charge in [-0.15, -0.1) is 0 Å². The summed E-state index contributed by atoms with van der Waals surface area (Å²) in [5, 5.41) is 10.7. The third-order valence-electron chi connectivity index (χ3n) is 3.72. The zero-order valence-electron chi connectivity index (χ0n) is 11.9. The molecule has 0 saturated carbocycles. The smallest absolute Gasteiger partial charge is 0.237 e. The molecule has 6 heteroatoms. The van der Waals surface area contributed by atoms with Crippen LogP contribution >= 0.6 is 11.5 Å². The Morgan fingerprint density at radius 2 is 2.24 bits per heavy atom. The normalized spacial score (nSPS) is 18.6. The van der Waals surface area contributed by atoms with E-state index in [2.05, 4.69) is 32.5 Å². The van der Waals surface area contributed by atoms with Crippen molar-refractivity contribution in [1.29, 1.82) is 0 Å². The van der Waals surface area contributed by atoms with Crippen molar-refractivity contribution in [1.82, 2.24) is 15.0 Å². The molecule has 1 aliphatic rings. The van der Waals surface area contributed by atoms with Crippen LogP contribution in [0.1, 0.15) is 19.3 Å². The number of rotatable bonds is 5. The molecule has 112 valence electrons. The lowest BCUT2D eigenvalue weighted by atomic mass is 10.0. The number of carbonyl (C=O) groups is 1. The number of hydrogen-bond acceptors (Lipinski definition) is 5. The molecular weight excluding hydrogens is 284 g/mol. The second-order valence-electron chi connectivity index (χ2n) is 5.25. The van der Waals surface area contributed by atoms with Crippen LogP contribution in [0.4, 0.5) is 5.82 Å². The van der Waals surface area contributed by atoms with E-state index in [1.54, 1.807) is 0 Å². The molecule has 0 spiro atoms. The Bertz CT molecular complexity index is 606. The summed E-state index contributed by atoms with van der Waals surface area (Å²) in [5.41, 5.74) is 0. The maximum Gasteiger partial charge on any atom is 0.237 e. The Kier molecular flexibility index (Phi) is 4.67. The van der Waals surface area contributed by atoms with Crippen molar-refractivity contribution in [3.63, 3.8) is 0 Å². The zero-order valence-corrected chi connectivity index (χ0v) is 12.7. The molecule has 1 saturated heterocycles. The lowest BCUT2D eigenvalue weighted by Gasteiger charge is -2.22. The fourth-order valence-electron chi connectivity index (χ4n) is 2.58. The van der Waals surface area contributed by atoms with E-state index in [0.717, 1.165) is 30.6 Å². The van der Waals surface area contributed by atoms with Gasteiger partial charge in [0, 0.05) is 18.5 Å². The molecule has 2 aromatic rings. The van der Waals surface area contributed by atoms with Crippen LogP contribution in [0, 0.1) is 0 Å². The van der Waals surface area contributed by atoms with Crippen LogP contribution in [0.15, 0.2) is 24.3 Å². The molecule has 0 bridgehead atoms. The lowest BCUT2D eigenvalue weighted by Crippen LogP contribution is -2.47. The average Bonchev–Trinajstić information content (AvgIpc) is 2.95. The minimum atomic E-state index is -0.0150. The third-order valence-corrected chi connectivity index (χ3v) is 4.55. The predicted octanol–water partition coefficient (Wildman–Crippen LogP) is 1.97. The Balaban J connectivity index is 1.44. The van der Waals surface area contributed by atoms with Crippen molar-refractivity contribution in [2.75, 3.05) is 25.0 Å². The van der Waals surface area contributed by atoms with E-state index in [1.807, 2.05) is 12.1 Å². The molecule has 21 heavy (non-hydrogen) atoms. The maximum absolute atomic E-state index is 12.0. The highest BCUT2D eigenvalue weighted by atomic mass is 32.1. The number of anilines is 1. The molecular formula is C15H20N4OS. The molecule has 0 aliphatic carbocycles. The number of hydrogen-bond donors (Lipinski definition) is 3. The number of amides is 1. The van der Waals surface area contributed by atoms with Crippen LogP contribution in [0.2, 0.25) is 0 Å². The average molecular weight is 304 g/mol. The zero-order chi connectivity index (χ0) is 14.5. The fraction of sp³-hybridized carbons (Fsp3) is 0.467. The molecule has 5 nitrogen and oxygen atoms in total. The minimum Gasteiger partial charge on any atom is -0.367 e. The Morgan fingerprint density at radius 3 is 3.10 bits per heavy atom. The minimum absolute atomic E-state index is 0.0150. The maximum atomic E-state index is 12.0. The molecule has 1 aromatic carbocycles. The van der Waals surface area contributed by atoms with E-state index in [9.17, 15) is 4.79 Å². The number of carbonyl (C=O) groups excluding carboxylic acids is 1. The van der Waals surface area contributed by atoms with Gasteiger partial charge < -0.3 is 16.0 Å². The summed E-state index contributed by atoms with van der Waals surface area (Å²) in [4.78, 5) is 12.0. The standard InChI is InChI=1S/C15H20N4OS/c20-15(12-6-3-4-8-16-12)18-10-9-17-14-11-5-1-2-7-13(11)21-19-14/h1-2,5,7,12,16H,3-4,6,8-10H2,(H,17,19)(H,18,20). The Hall–Kier alpha value is -1.66. The molecule has 3 rings (SSSR count). The first-order chi connectivity index (χ1) is 10.3. The van der Waals surface area contributed by atoms with E-state index < -0.39 is 0 Å². The molecule has 0 radical (unpaired) electrons. The number of benzene rings is 1. The highest BCUT2D eigenvalue weighted by Gasteiger charge is 2.19. The van der Waals surface area contributed by atoms with Gasteiger partial charge in [0.05, 0.1) is 10.7 Å². The van der Waals surface area contributed by atoms with Gasteiger partial charge in [0.2, 0.25) is 5.91 Å². The topological polar surface area (TPSA) is 66.0 Å². The van der Waals surface area contributed by atoms with E-state index in [0.29, 0.717) is 13.1 Å². The van der Waals surface area contributed by atoms with Crippen LogP contribution in [0.3, 0.4) is 0 Å². The predicted molar refractivity (Wildman–Crippen MR) is 86.8 cm³/mol. The van der Waals surface area contributed by atoms with Crippen molar-refractivity contribution >= 4 is 33.3 Å². The first kappa shape index (κ1) is 14.3. The van der Waals surface area contributed by atoms with E-state index in [1.165, 1.54) is 22.7 Å². The van der Waals surface area contributed by atoms with Gasteiger partial charge in [0.25, 0.3) is 0 Å². The fourth-order valence-corrected chi connectivity index (χ4v) is 3.33. The van der Waals surface area contributed by atoms with Gasteiger partial charge >= 0.3 is 0 Å². The van der Waals surface area contributed by atoms with Crippen molar-refractivity contribution in [2.24, 2.45) is 0 Å². The molecule has 3 N–H and O–H groups in total. The van der Waals surface area contributed by atoms with E-state index >= 15 is 0 Å². The van der Waals surface area contributed by atoms with Crippen molar-refractivity contribution in [3.05, 3.63) is 24.3 Å². The highest BCUT2D eigenvalue weighted by Crippen LogP contribution is 2.25. The van der Waals surface area contributed by atoms with E-state index in [4.69, 9.17) is 0 Å². The van der Waals surface area contributed by atoms with Gasteiger partial charge in [-0.1, -0.05) is 18.6 Å². The monoisotopic (exact) mass is 304 g/mol. The first-order valence-corrected chi connectivity index (χ1v) is 8.21. The van der Waals surface area contributed by atoms with Gasteiger partial charge in [-0.25, -0.2) is 0 Å². The number of piperidine rings is 1. The molecule has 2 heterocycles. The van der Waals surface area contributed by atoms with Crippen molar-refractivity contribution in [3.8, 4) is 0 Å². The Labute approximate surface area is 128 Å². The Morgan fingerprint density at radius 1 is 1.33 bits per heavy atom. The molecule has 1 unspecified atom stereocenters. The molecule has 1 fully saturated rings. The van der Waals surface area contributed by atoms with Gasteiger partial charge in [-0.3, -0.25) is 4.79 Å². The number of nitrogens with zero attached hydrogens (tertiary/aromatic N) is 1. The van der Waals surface area contributed by atoms with Gasteiger partial charge in [0.1, 0.15) is 5.82 Å². The van der Waals surface area contributed by atoms with Gasteiger partial charge in [-0.05, 0) is 43.1 Å². The quantitative estimate of drug-likeness (QED) is 0.739. The third kappa shape index (κ3) is 3.51. The molecule has 1 atom stereocenters. The second-order valence-corrected chi connectivity index (χ2v) is 6.05.